The van der Waals surface area contributed by atoms with E-state index in [1.807, 2.05) is 0 Å². The van der Waals surface area contributed by atoms with Crippen molar-refractivity contribution in [2.45, 2.75) is 12.8 Å². The quantitative estimate of drug-likeness (QED) is 0.671. The summed E-state index contributed by atoms with van der Waals surface area (Å²) < 4.78 is 27.1. The van der Waals surface area contributed by atoms with Crippen LogP contribution in [0.1, 0.15) is 12.8 Å². The van der Waals surface area contributed by atoms with Crippen molar-refractivity contribution in [3.8, 4) is 0 Å². The molecule has 0 radical (unpaired) electrons. The van der Waals surface area contributed by atoms with E-state index in [9.17, 15) is 13.2 Å². The molecule has 5 nitrogen and oxygen atoms in total. The summed E-state index contributed by atoms with van der Waals surface area (Å²) in [5, 5.41) is 2.72. The zero-order valence-corrected chi connectivity index (χ0v) is 9.68. The lowest BCUT2D eigenvalue weighted by molar-refractivity contribution is -0.125. The predicted molar refractivity (Wildman–Crippen MR) is 56.3 cm³/mol. The highest BCUT2D eigenvalue weighted by Gasteiger charge is 2.27. The van der Waals surface area contributed by atoms with Crippen molar-refractivity contribution >= 4 is 15.7 Å². The Balaban J connectivity index is 2.30. The van der Waals surface area contributed by atoms with Gasteiger partial charge in [-0.15, -0.1) is 0 Å². The van der Waals surface area contributed by atoms with E-state index < -0.39 is 9.84 Å². The van der Waals surface area contributed by atoms with E-state index in [-0.39, 0.29) is 23.3 Å². The van der Waals surface area contributed by atoms with E-state index in [0.717, 1.165) is 0 Å². The topological polar surface area (TPSA) is 72.5 Å². The predicted octanol–water partition coefficient (Wildman–Crippen LogP) is -0.426. The summed E-state index contributed by atoms with van der Waals surface area (Å²) in [5.74, 6) is 0.0670. The van der Waals surface area contributed by atoms with Crippen LogP contribution in [0, 0.1) is 5.92 Å². The maximum absolute atomic E-state index is 11.5. The zero-order valence-electron chi connectivity index (χ0n) is 8.86. The normalized spacial score (nSPS) is 21.1. The average molecular weight is 235 g/mol. The highest BCUT2D eigenvalue weighted by Crippen LogP contribution is 2.18. The van der Waals surface area contributed by atoms with Crippen molar-refractivity contribution in [2.75, 3.05) is 31.8 Å². The van der Waals surface area contributed by atoms with Crippen LogP contribution in [0.4, 0.5) is 0 Å². The molecule has 0 bridgehead atoms. The van der Waals surface area contributed by atoms with E-state index >= 15 is 0 Å². The Labute approximate surface area is 90.1 Å². The van der Waals surface area contributed by atoms with E-state index in [0.29, 0.717) is 26.0 Å². The Morgan fingerprint density at radius 2 is 2.00 bits per heavy atom. The molecule has 6 heteroatoms. The van der Waals surface area contributed by atoms with Gasteiger partial charge in [-0.05, 0) is 12.8 Å². The van der Waals surface area contributed by atoms with Gasteiger partial charge in [0.15, 0.2) is 0 Å². The molecule has 1 heterocycles. The van der Waals surface area contributed by atoms with Crippen molar-refractivity contribution in [1.82, 2.24) is 5.32 Å². The molecule has 88 valence electrons. The summed E-state index contributed by atoms with van der Waals surface area (Å²) in [6, 6.07) is 0. The van der Waals surface area contributed by atoms with E-state index in [1.165, 1.54) is 0 Å². The Bertz CT molecular complexity index is 298. The molecule has 0 aromatic rings. The van der Waals surface area contributed by atoms with E-state index in [4.69, 9.17) is 4.74 Å². The fraction of sp³-hybridized carbons (Fsp3) is 0.889. The van der Waals surface area contributed by atoms with Crippen molar-refractivity contribution in [3.63, 3.8) is 0 Å². The lowest BCUT2D eigenvalue weighted by Crippen LogP contribution is -2.37. The SMILES string of the molecule is COCCNC(=O)C1CCS(=O)(=O)CC1. The van der Waals surface area contributed by atoms with Crippen LogP contribution >= 0.6 is 0 Å². The number of nitrogens with one attached hydrogen (secondary N) is 1. The third kappa shape index (κ3) is 4.17. The first-order valence-corrected chi connectivity index (χ1v) is 6.84. The number of amides is 1. The lowest BCUT2D eigenvalue weighted by Gasteiger charge is -2.20. The minimum atomic E-state index is -2.88. The molecule has 0 unspecified atom stereocenters. The van der Waals surface area contributed by atoms with Gasteiger partial charge in [-0.3, -0.25) is 4.79 Å². The summed E-state index contributed by atoms with van der Waals surface area (Å²) in [7, 11) is -1.31. The molecule has 0 aromatic heterocycles. The second-order valence-corrected chi connectivity index (χ2v) is 6.01. The molecule has 1 N–H and O–H groups in total. The summed E-state index contributed by atoms with van der Waals surface area (Å²) in [6.07, 6.45) is 0.891. The second kappa shape index (κ2) is 5.46. The Morgan fingerprint density at radius 1 is 1.40 bits per heavy atom. The summed E-state index contributed by atoms with van der Waals surface area (Å²) in [5.41, 5.74) is 0. The number of hydrogen-bond acceptors (Lipinski definition) is 4. The van der Waals surface area contributed by atoms with Crippen molar-refractivity contribution in [3.05, 3.63) is 0 Å². The zero-order chi connectivity index (χ0) is 11.3. The Kier molecular flexibility index (Phi) is 4.53. The van der Waals surface area contributed by atoms with Gasteiger partial charge in [0.1, 0.15) is 9.84 Å². The van der Waals surface area contributed by atoms with Crippen molar-refractivity contribution < 1.29 is 17.9 Å². The van der Waals surface area contributed by atoms with Gasteiger partial charge in [0.2, 0.25) is 5.91 Å². The number of ether oxygens (including phenoxy) is 1. The smallest absolute Gasteiger partial charge is 0.223 e. The highest BCUT2D eigenvalue weighted by atomic mass is 32.2. The third-order valence-electron chi connectivity index (χ3n) is 2.53. The molecule has 0 aromatic carbocycles. The molecule has 1 amide bonds. The average Bonchev–Trinajstić information content (AvgIpc) is 2.18. The largest absolute Gasteiger partial charge is 0.383 e. The second-order valence-electron chi connectivity index (χ2n) is 3.71. The molecular formula is C9H17NO4S. The Hall–Kier alpha value is -0.620. The van der Waals surface area contributed by atoms with Crippen molar-refractivity contribution in [1.29, 1.82) is 0 Å². The van der Waals surface area contributed by atoms with Gasteiger partial charge in [0, 0.05) is 19.6 Å². The van der Waals surface area contributed by atoms with Crippen LogP contribution in [-0.4, -0.2) is 46.1 Å². The molecule has 0 atom stereocenters. The lowest BCUT2D eigenvalue weighted by atomic mass is 10.0. The summed E-state index contributed by atoms with van der Waals surface area (Å²) in [4.78, 5) is 11.5. The van der Waals surface area contributed by atoms with Crippen LogP contribution in [0.25, 0.3) is 0 Å². The minimum absolute atomic E-state index is 0.0537. The van der Waals surface area contributed by atoms with Crippen LogP contribution in [0.2, 0.25) is 0 Å². The van der Waals surface area contributed by atoms with Gasteiger partial charge in [-0.1, -0.05) is 0 Å². The first kappa shape index (κ1) is 12.4. The molecular weight excluding hydrogens is 218 g/mol. The monoisotopic (exact) mass is 235 g/mol. The van der Waals surface area contributed by atoms with Crippen LogP contribution in [0.3, 0.4) is 0 Å². The van der Waals surface area contributed by atoms with Gasteiger partial charge < -0.3 is 10.1 Å². The molecule has 15 heavy (non-hydrogen) atoms. The fourth-order valence-electron chi connectivity index (χ4n) is 1.57. The van der Waals surface area contributed by atoms with Crippen LogP contribution in [0.5, 0.6) is 0 Å². The van der Waals surface area contributed by atoms with Gasteiger partial charge in [0.25, 0.3) is 0 Å². The van der Waals surface area contributed by atoms with Gasteiger partial charge in [-0.25, -0.2) is 8.42 Å². The van der Waals surface area contributed by atoms with Gasteiger partial charge in [-0.2, -0.15) is 0 Å². The number of hydrogen-bond donors (Lipinski definition) is 1. The molecule has 1 rings (SSSR count). The number of methoxy groups -OCH3 is 1. The van der Waals surface area contributed by atoms with E-state index in [1.54, 1.807) is 7.11 Å². The first-order valence-electron chi connectivity index (χ1n) is 5.02. The molecule has 0 saturated carbocycles. The van der Waals surface area contributed by atoms with Crippen LogP contribution in [0.15, 0.2) is 0 Å². The highest BCUT2D eigenvalue weighted by molar-refractivity contribution is 7.91. The maximum atomic E-state index is 11.5. The number of sulfone groups is 1. The molecule has 1 aliphatic rings. The number of carbonyl (C=O) groups is 1. The maximum Gasteiger partial charge on any atom is 0.223 e. The van der Waals surface area contributed by atoms with Gasteiger partial charge >= 0.3 is 0 Å². The van der Waals surface area contributed by atoms with E-state index in [2.05, 4.69) is 5.32 Å². The molecule has 1 saturated heterocycles. The number of carbonyl (C=O) groups excluding carboxylic acids is 1. The van der Waals surface area contributed by atoms with Crippen molar-refractivity contribution in [2.24, 2.45) is 5.92 Å². The fourth-order valence-corrected chi connectivity index (χ4v) is 3.06. The molecule has 1 aliphatic heterocycles. The summed E-state index contributed by atoms with van der Waals surface area (Å²) in [6.45, 7) is 0.968. The summed E-state index contributed by atoms with van der Waals surface area (Å²) >= 11 is 0. The third-order valence-corrected chi connectivity index (χ3v) is 4.25. The molecule has 0 aliphatic carbocycles. The minimum Gasteiger partial charge on any atom is -0.383 e. The first-order chi connectivity index (χ1) is 7.05. The Morgan fingerprint density at radius 3 is 2.53 bits per heavy atom. The number of rotatable bonds is 4. The molecule has 1 fully saturated rings. The molecule has 0 spiro atoms. The van der Waals surface area contributed by atoms with Crippen LogP contribution < -0.4 is 5.32 Å². The van der Waals surface area contributed by atoms with Gasteiger partial charge in [0.05, 0.1) is 18.1 Å². The van der Waals surface area contributed by atoms with Crippen LogP contribution in [-0.2, 0) is 19.4 Å². The standard InChI is InChI=1S/C9H17NO4S/c1-14-5-4-10-9(11)8-2-6-15(12,13)7-3-8/h8H,2-7H2,1H3,(H,10,11).